The smallest absolute Gasteiger partial charge is 0.321 e. The van der Waals surface area contributed by atoms with Crippen LogP contribution >= 0.6 is 0 Å². The Bertz CT molecular complexity index is 192. The molecule has 0 N–H and O–H groups in total. The Morgan fingerprint density at radius 3 is 1.73 bits per heavy atom. The van der Waals surface area contributed by atoms with Gasteiger partial charge in [0.2, 0.25) is 0 Å². The summed E-state index contributed by atoms with van der Waals surface area (Å²) in [6.45, 7) is -0.482. The molecular weight excluding hydrogens is 233 g/mol. The van der Waals surface area contributed by atoms with Gasteiger partial charge in [-0.1, -0.05) is 0 Å². The zero-order valence-electron chi connectivity index (χ0n) is 7.68. The molecule has 0 aliphatic heterocycles. The largest absolute Gasteiger partial charge is 0.453 e. The molecule has 0 bridgehead atoms. The first-order valence-corrected chi connectivity index (χ1v) is 3.92. The van der Waals surface area contributed by atoms with Gasteiger partial charge in [0.15, 0.2) is 0 Å². The Morgan fingerprint density at radius 1 is 0.933 bits per heavy atom. The highest BCUT2D eigenvalue weighted by Gasteiger charge is 2.56. The number of alkyl halides is 7. The molecule has 0 aromatic rings. The molecule has 0 spiro atoms. The van der Waals surface area contributed by atoms with Crippen molar-refractivity contribution in [3.63, 3.8) is 0 Å². The predicted molar refractivity (Wildman–Crippen MR) is 36.8 cm³/mol. The third-order valence-corrected chi connectivity index (χ3v) is 1.41. The van der Waals surface area contributed by atoms with Gasteiger partial charge in [0, 0.05) is 13.3 Å². The summed E-state index contributed by atoms with van der Waals surface area (Å²) in [5, 5.41) is 0. The Morgan fingerprint density at radius 2 is 1.40 bits per heavy atom. The maximum absolute atomic E-state index is 12.2. The van der Waals surface area contributed by atoms with Gasteiger partial charge >= 0.3 is 18.2 Å². The molecule has 15 heavy (non-hydrogen) atoms. The lowest BCUT2D eigenvalue weighted by molar-refractivity contribution is -0.287. The van der Waals surface area contributed by atoms with Crippen LogP contribution in [0.25, 0.3) is 0 Å². The van der Waals surface area contributed by atoms with Crippen molar-refractivity contribution in [2.45, 2.75) is 38.0 Å². The molecule has 0 radical (unpaired) electrons. The molecule has 92 valence electrons. The van der Waals surface area contributed by atoms with E-state index in [2.05, 4.69) is 4.74 Å². The van der Waals surface area contributed by atoms with Gasteiger partial charge < -0.3 is 4.74 Å². The fourth-order valence-electron chi connectivity index (χ4n) is 0.687. The van der Waals surface area contributed by atoms with Gasteiger partial charge in [-0.2, -0.15) is 30.7 Å². The van der Waals surface area contributed by atoms with Crippen LogP contribution in [0.4, 0.5) is 30.7 Å². The first-order valence-electron chi connectivity index (χ1n) is 3.92. The summed E-state index contributed by atoms with van der Waals surface area (Å²) >= 11 is 0. The summed E-state index contributed by atoms with van der Waals surface area (Å²) in [5.41, 5.74) is 0. The van der Waals surface area contributed by atoms with Gasteiger partial charge in [-0.25, -0.2) is 0 Å². The normalized spacial score (nSPS) is 14.4. The quantitative estimate of drug-likeness (QED) is 0.528. The van der Waals surface area contributed by atoms with Crippen molar-refractivity contribution < 1.29 is 35.5 Å². The van der Waals surface area contributed by atoms with Gasteiger partial charge in [-0.3, -0.25) is 0 Å². The molecule has 0 heterocycles. The number of hydrogen-bond donors (Lipinski definition) is 0. The zero-order valence-corrected chi connectivity index (χ0v) is 7.68. The number of hydrogen-bond acceptors (Lipinski definition) is 1. The second kappa shape index (κ2) is 4.54. The molecule has 8 heteroatoms. The van der Waals surface area contributed by atoms with E-state index in [0.29, 0.717) is 6.92 Å². The van der Waals surface area contributed by atoms with Gasteiger partial charge in [0.25, 0.3) is 0 Å². The summed E-state index contributed by atoms with van der Waals surface area (Å²) in [6.07, 6.45) is -11.5. The second-order valence-corrected chi connectivity index (χ2v) is 2.96. The lowest BCUT2D eigenvalue weighted by atomic mass is 10.2. The van der Waals surface area contributed by atoms with Crippen LogP contribution in [0.15, 0.2) is 0 Å². The van der Waals surface area contributed by atoms with E-state index in [-0.39, 0.29) is 0 Å². The summed E-state index contributed by atoms with van der Waals surface area (Å²) in [5.74, 6) is -4.86. The molecule has 0 amide bonds. The summed E-state index contributed by atoms with van der Waals surface area (Å²) in [4.78, 5) is 0. The SMILES string of the molecule is CC(F)(F)OCCCC(F)(F)C(F)(F)F. The molecular formula is C7H9F7O. The van der Waals surface area contributed by atoms with Crippen LogP contribution in [0.5, 0.6) is 0 Å². The highest BCUT2D eigenvalue weighted by molar-refractivity contribution is 4.75. The van der Waals surface area contributed by atoms with Gasteiger partial charge in [-0.05, 0) is 6.42 Å². The molecule has 0 atom stereocenters. The van der Waals surface area contributed by atoms with Crippen molar-refractivity contribution in [1.82, 2.24) is 0 Å². The van der Waals surface area contributed by atoms with E-state index in [9.17, 15) is 30.7 Å². The summed E-state index contributed by atoms with van der Waals surface area (Å²) in [7, 11) is 0. The maximum atomic E-state index is 12.2. The molecule has 0 rings (SSSR count). The third-order valence-electron chi connectivity index (χ3n) is 1.41. The molecule has 0 saturated carbocycles. The van der Waals surface area contributed by atoms with E-state index >= 15 is 0 Å². The van der Waals surface area contributed by atoms with Gasteiger partial charge in [0.05, 0.1) is 6.61 Å². The fourth-order valence-corrected chi connectivity index (χ4v) is 0.687. The molecule has 1 nitrogen and oxygen atoms in total. The molecule has 0 saturated heterocycles. The van der Waals surface area contributed by atoms with E-state index in [1.165, 1.54) is 0 Å². The summed E-state index contributed by atoms with van der Waals surface area (Å²) in [6, 6.07) is 0. The van der Waals surface area contributed by atoms with E-state index < -0.39 is 37.7 Å². The minimum absolute atomic E-state index is 0.370. The number of ether oxygens (including phenoxy) is 1. The van der Waals surface area contributed by atoms with Crippen molar-refractivity contribution in [1.29, 1.82) is 0 Å². The average Bonchev–Trinajstić information content (AvgIpc) is 1.94. The minimum atomic E-state index is -5.65. The molecule has 0 unspecified atom stereocenters. The molecule has 0 aliphatic rings. The van der Waals surface area contributed by atoms with Crippen LogP contribution < -0.4 is 0 Å². The van der Waals surface area contributed by atoms with Crippen LogP contribution in [-0.4, -0.2) is 24.8 Å². The van der Waals surface area contributed by atoms with Crippen molar-refractivity contribution in [2.24, 2.45) is 0 Å². The van der Waals surface area contributed by atoms with Crippen LogP contribution in [0.2, 0.25) is 0 Å². The topological polar surface area (TPSA) is 9.23 Å². The van der Waals surface area contributed by atoms with Crippen molar-refractivity contribution in [2.75, 3.05) is 6.61 Å². The first-order chi connectivity index (χ1) is 6.46. The second-order valence-electron chi connectivity index (χ2n) is 2.96. The van der Waals surface area contributed by atoms with E-state index in [0.717, 1.165) is 0 Å². The minimum Gasteiger partial charge on any atom is -0.321 e. The van der Waals surface area contributed by atoms with Crippen molar-refractivity contribution in [3.8, 4) is 0 Å². The van der Waals surface area contributed by atoms with Gasteiger partial charge in [0.1, 0.15) is 0 Å². The first kappa shape index (κ1) is 14.5. The van der Waals surface area contributed by atoms with Crippen LogP contribution in [0.3, 0.4) is 0 Å². The number of rotatable bonds is 5. The Balaban J connectivity index is 3.87. The standard InChI is InChI=1S/C7H9F7O/c1-5(8,9)15-4-2-3-6(10,11)7(12,13)14/h2-4H2,1H3. The monoisotopic (exact) mass is 242 g/mol. The zero-order chi connectivity index (χ0) is 12.3. The Labute approximate surface area is 81.2 Å². The van der Waals surface area contributed by atoms with Crippen molar-refractivity contribution >= 4 is 0 Å². The third kappa shape index (κ3) is 5.81. The predicted octanol–water partition coefficient (Wildman–Crippen LogP) is 3.59. The van der Waals surface area contributed by atoms with Crippen molar-refractivity contribution in [3.05, 3.63) is 0 Å². The molecule has 0 aromatic heterocycles. The van der Waals surface area contributed by atoms with Crippen LogP contribution in [0, 0.1) is 0 Å². The molecule has 0 fully saturated rings. The Kier molecular flexibility index (Phi) is 4.38. The fraction of sp³-hybridized carbons (Fsp3) is 1.00. The summed E-state index contributed by atoms with van der Waals surface area (Å²) < 4.78 is 86.6. The van der Waals surface area contributed by atoms with E-state index in [1.807, 2.05) is 0 Å². The van der Waals surface area contributed by atoms with Crippen LogP contribution in [-0.2, 0) is 4.74 Å². The number of halogens is 7. The highest BCUT2D eigenvalue weighted by Crippen LogP contribution is 2.38. The van der Waals surface area contributed by atoms with E-state index in [4.69, 9.17) is 0 Å². The maximum Gasteiger partial charge on any atom is 0.453 e. The van der Waals surface area contributed by atoms with Gasteiger partial charge in [-0.15, -0.1) is 0 Å². The Hall–Kier alpha value is -0.530. The van der Waals surface area contributed by atoms with Crippen LogP contribution in [0.1, 0.15) is 19.8 Å². The van der Waals surface area contributed by atoms with E-state index in [1.54, 1.807) is 0 Å². The average molecular weight is 242 g/mol. The lowest BCUT2D eigenvalue weighted by Gasteiger charge is -2.19. The molecule has 0 aromatic carbocycles. The highest BCUT2D eigenvalue weighted by atomic mass is 19.4. The molecule has 0 aliphatic carbocycles. The lowest BCUT2D eigenvalue weighted by Crippen LogP contribution is -2.36.